The van der Waals surface area contributed by atoms with Crippen LogP contribution in [-0.4, -0.2) is 10.8 Å². The number of carbonyl (C=O) groups excluding carboxylic acids is 1. The maximum atomic E-state index is 12.1. The highest BCUT2D eigenvalue weighted by Gasteiger charge is 2.15. The number of hydrogen-bond acceptors (Lipinski definition) is 3. The molecule has 0 aliphatic rings. The van der Waals surface area contributed by atoms with Crippen LogP contribution in [-0.2, 0) is 6.54 Å². The van der Waals surface area contributed by atoms with Gasteiger partial charge in [0.25, 0.3) is 11.6 Å². The van der Waals surface area contributed by atoms with Gasteiger partial charge in [-0.3, -0.25) is 14.9 Å². The van der Waals surface area contributed by atoms with Gasteiger partial charge >= 0.3 is 0 Å². The highest BCUT2D eigenvalue weighted by atomic mass is 79.9. The Bertz CT molecular complexity index is 706. The first kappa shape index (κ1) is 15.5. The van der Waals surface area contributed by atoms with E-state index in [1.54, 1.807) is 36.4 Å². The average Bonchev–Trinajstić information content (AvgIpc) is 2.45. The molecule has 0 saturated heterocycles. The Kier molecular flexibility index (Phi) is 4.93. The van der Waals surface area contributed by atoms with Crippen LogP contribution in [0, 0.1) is 10.1 Å². The van der Waals surface area contributed by atoms with Crippen LogP contribution in [0.4, 0.5) is 5.69 Å². The van der Waals surface area contributed by atoms with Crippen LogP contribution in [0.3, 0.4) is 0 Å². The van der Waals surface area contributed by atoms with Crippen LogP contribution < -0.4 is 5.32 Å². The van der Waals surface area contributed by atoms with E-state index in [1.165, 1.54) is 6.07 Å². The van der Waals surface area contributed by atoms with E-state index in [9.17, 15) is 14.9 Å². The third-order valence-corrected chi connectivity index (χ3v) is 3.69. The number of nitrogens with zero attached hydrogens (tertiary/aromatic N) is 1. The molecule has 0 fully saturated rings. The Morgan fingerprint density at radius 3 is 2.67 bits per heavy atom. The maximum absolute atomic E-state index is 12.1. The first-order chi connectivity index (χ1) is 9.99. The summed E-state index contributed by atoms with van der Waals surface area (Å²) in [7, 11) is 0. The van der Waals surface area contributed by atoms with Gasteiger partial charge in [-0.1, -0.05) is 29.8 Å². The summed E-state index contributed by atoms with van der Waals surface area (Å²) in [5.41, 5.74) is 0.840. The van der Waals surface area contributed by atoms with E-state index in [4.69, 9.17) is 11.6 Å². The molecule has 1 N–H and O–H groups in total. The summed E-state index contributed by atoms with van der Waals surface area (Å²) >= 11 is 9.07. The molecule has 0 bridgehead atoms. The van der Waals surface area contributed by atoms with Crippen molar-refractivity contribution in [1.29, 1.82) is 0 Å². The van der Waals surface area contributed by atoms with Crippen molar-refractivity contribution in [3.63, 3.8) is 0 Å². The fourth-order valence-corrected chi connectivity index (χ4v) is 2.65. The number of nitrogens with one attached hydrogen (secondary N) is 1. The Morgan fingerprint density at radius 2 is 2.00 bits per heavy atom. The SMILES string of the molecule is O=C(NCc1ccccc1[N+](=O)[O-])c1ccc(Cl)cc1Br. The standard InChI is InChI=1S/C14H10BrClN2O3/c15-12-7-10(16)5-6-11(12)14(19)17-8-9-3-1-2-4-13(9)18(20)21/h1-7H,8H2,(H,17,19). The van der Waals surface area contributed by atoms with Crippen LogP contribution in [0.5, 0.6) is 0 Å². The molecule has 5 nitrogen and oxygen atoms in total. The van der Waals surface area contributed by atoms with E-state index in [0.717, 1.165) is 0 Å². The molecule has 0 unspecified atom stereocenters. The highest BCUT2D eigenvalue weighted by molar-refractivity contribution is 9.10. The summed E-state index contributed by atoms with van der Waals surface area (Å²) < 4.78 is 0.565. The first-order valence-corrected chi connectivity index (χ1v) is 7.11. The van der Waals surface area contributed by atoms with E-state index < -0.39 is 4.92 Å². The zero-order chi connectivity index (χ0) is 15.4. The van der Waals surface area contributed by atoms with Gasteiger partial charge in [-0.25, -0.2) is 0 Å². The quantitative estimate of drug-likeness (QED) is 0.655. The van der Waals surface area contributed by atoms with Gasteiger partial charge in [0.15, 0.2) is 0 Å². The van der Waals surface area contributed by atoms with Gasteiger partial charge in [-0.2, -0.15) is 0 Å². The normalized spacial score (nSPS) is 10.2. The molecule has 0 atom stereocenters. The molecule has 108 valence electrons. The lowest BCUT2D eigenvalue weighted by molar-refractivity contribution is -0.385. The predicted octanol–water partition coefficient (Wildman–Crippen LogP) is 3.94. The van der Waals surface area contributed by atoms with Crippen molar-refractivity contribution in [2.45, 2.75) is 6.54 Å². The van der Waals surface area contributed by atoms with Gasteiger partial charge in [-0.05, 0) is 34.1 Å². The molecule has 0 aromatic heterocycles. The number of amides is 1. The van der Waals surface area contributed by atoms with Crippen LogP contribution >= 0.6 is 27.5 Å². The molecule has 2 aromatic carbocycles. The summed E-state index contributed by atoms with van der Waals surface area (Å²) in [6.45, 7) is 0.0745. The van der Waals surface area contributed by atoms with Gasteiger partial charge < -0.3 is 5.32 Å². The number of benzene rings is 2. The van der Waals surface area contributed by atoms with Crippen molar-refractivity contribution in [1.82, 2.24) is 5.32 Å². The van der Waals surface area contributed by atoms with Crippen molar-refractivity contribution < 1.29 is 9.72 Å². The van der Waals surface area contributed by atoms with Gasteiger partial charge in [0, 0.05) is 27.7 Å². The topological polar surface area (TPSA) is 72.2 Å². The molecule has 21 heavy (non-hydrogen) atoms. The molecule has 0 aliphatic heterocycles. The van der Waals surface area contributed by atoms with Crippen LogP contribution in [0.1, 0.15) is 15.9 Å². The Balaban J connectivity index is 2.13. The van der Waals surface area contributed by atoms with Crippen LogP contribution in [0.15, 0.2) is 46.9 Å². The lowest BCUT2D eigenvalue weighted by atomic mass is 10.1. The number of para-hydroxylation sites is 1. The number of hydrogen-bond donors (Lipinski definition) is 1. The third-order valence-electron chi connectivity index (χ3n) is 2.80. The van der Waals surface area contributed by atoms with Gasteiger partial charge in [0.2, 0.25) is 0 Å². The second-order valence-corrected chi connectivity index (χ2v) is 5.48. The Labute approximate surface area is 134 Å². The second kappa shape index (κ2) is 6.69. The fourth-order valence-electron chi connectivity index (χ4n) is 1.78. The lowest BCUT2D eigenvalue weighted by Crippen LogP contribution is -2.23. The smallest absolute Gasteiger partial charge is 0.274 e. The molecule has 0 radical (unpaired) electrons. The van der Waals surface area contributed by atoms with E-state index in [0.29, 0.717) is 20.6 Å². The van der Waals surface area contributed by atoms with E-state index in [2.05, 4.69) is 21.2 Å². The van der Waals surface area contributed by atoms with E-state index in [1.807, 2.05) is 0 Å². The summed E-state index contributed by atoms with van der Waals surface area (Å²) in [5.74, 6) is -0.336. The largest absolute Gasteiger partial charge is 0.348 e. The minimum Gasteiger partial charge on any atom is -0.348 e. The molecule has 0 saturated carbocycles. The molecule has 2 rings (SSSR count). The zero-order valence-corrected chi connectivity index (χ0v) is 13.0. The number of carbonyl (C=O) groups is 1. The molecule has 0 heterocycles. The monoisotopic (exact) mass is 368 g/mol. The minimum atomic E-state index is -0.473. The molecular formula is C14H10BrClN2O3. The van der Waals surface area contributed by atoms with Crippen molar-refractivity contribution in [2.75, 3.05) is 0 Å². The van der Waals surface area contributed by atoms with Gasteiger partial charge in [0.05, 0.1) is 10.5 Å². The lowest BCUT2D eigenvalue weighted by Gasteiger charge is -2.07. The van der Waals surface area contributed by atoms with Gasteiger partial charge in [-0.15, -0.1) is 0 Å². The molecule has 1 amide bonds. The second-order valence-electron chi connectivity index (χ2n) is 4.19. The van der Waals surface area contributed by atoms with Crippen molar-refractivity contribution >= 4 is 39.1 Å². The fraction of sp³-hybridized carbons (Fsp3) is 0.0714. The maximum Gasteiger partial charge on any atom is 0.274 e. The number of nitro groups is 1. The summed E-state index contributed by atoms with van der Waals surface area (Å²) in [5, 5.41) is 14.1. The van der Waals surface area contributed by atoms with Gasteiger partial charge in [0.1, 0.15) is 0 Å². The average molecular weight is 370 g/mol. The van der Waals surface area contributed by atoms with Crippen LogP contribution in [0.2, 0.25) is 5.02 Å². The number of nitro benzene ring substituents is 1. The van der Waals surface area contributed by atoms with Crippen LogP contribution in [0.25, 0.3) is 0 Å². The zero-order valence-electron chi connectivity index (χ0n) is 10.7. The number of rotatable bonds is 4. The Morgan fingerprint density at radius 1 is 1.29 bits per heavy atom. The van der Waals surface area contributed by atoms with Crippen molar-refractivity contribution in [3.05, 3.63) is 73.2 Å². The first-order valence-electron chi connectivity index (χ1n) is 5.94. The predicted molar refractivity (Wildman–Crippen MR) is 83.4 cm³/mol. The molecule has 2 aromatic rings. The molecule has 0 spiro atoms. The van der Waals surface area contributed by atoms with Crippen molar-refractivity contribution in [3.8, 4) is 0 Å². The number of halogens is 2. The molecule has 0 aliphatic carbocycles. The van der Waals surface area contributed by atoms with E-state index >= 15 is 0 Å². The Hall–Kier alpha value is -1.92. The minimum absolute atomic E-state index is 0.0204. The van der Waals surface area contributed by atoms with Crippen molar-refractivity contribution in [2.24, 2.45) is 0 Å². The highest BCUT2D eigenvalue weighted by Crippen LogP contribution is 2.22. The third kappa shape index (κ3) is 3.80. The summed E-state index contributed by atoms with van der Waals surface area (Å²) in [4.78, 5) is 22.5. The summed E-state index contributed by atoms with van der Waals surface area (Å²) in [6, 6.07) is 11.1. The summed E-state index contributed by atoms with van der Waals surface area (Å²) in [6.07, 6.45) is 0. The molecule has 7 heteroatoms. The van der Waals surface area contributed by atoms with E-state index in [-0.39, 0.29) is 18.1 Å². The molecular weight excluding hydrogens is 360 g/mol.